The molecule has 0 rings (SSSR count). The van der Waals surface area contributed by atoms with E-state index in [-0.39, 0.29) is 12.3 Å². The fourth-order valence-corrected chi connectivity index (χ4v) is 1.24. The molecule has 0 aliphatic carbocycles. The van der Waals surface area contributed by atoms with Gasteiger partial charge in [-0.15, -0.1) is 0 Å². The van der Waals surface area contributed by atoms with Crippen LogP contribution in [0.2, 0.25) is 0 Å². The lowest BCUT2D eigenvalue weighted by molar-refractivity contribution is -0.137. The molecular formula is C12H21NO3. The van der Waals surface area contributed by atoms with Crippen molar-refractivity contribution in [2.24, 2.45) is 0 Å². The van der Waals surface area contributed by atoms with Gasteiger partial charge in [-0.2, -0.15) is 0 Å². The van der Waals surface area contributed by atoms with Gasteiger partial charge in [0.2, 0.25) is 5.91 Å². The van der Waals surface area contributed by atoms with Gasteiger partial charge in [0.25, 0.3) is 0 Å². The number of carboxylic acids is 1. The van der Waals surface area contributed by atoms with Crippen LogP contribution < -0.4 is 5.32 Å². The van der Waals surface area contributed by atoms with Crippen LogP contribution in [0.25, 0.3) is 0 Å². The predicted molar refractivity (Wildman–Crippen MR) is 63.2 cm³/mol. The molecule has 0 aromatic heterocycles. The van der Waals surface area contributed by atoms with E-state index < -0.39 is 5.97 Å². The molecule has 2 N–H and O–H groups in total. The molecule has 16 heavy (non-hydrogen) atoms. The molecule has 0 aliphatic heterocycles. The molecule has 0 unspecified atom stereocenters. The first-order valence-corrected chi connectivity index (χ1v) is 5.80. The first-order valence-electron chi connectivity index (χ1n) is 5.80. The highest BCUT2D eigenvalue weighted by Crippen LogP contribution is 2.06. The molecular weight excluding hydrogens is 206 g/mol. The molecule has 0 radical (unpaired) electrons. The van der Waals surface area contributed by atoms with Gasteiger partial charge in [0.05, 0.1) is 6.42 Å². The number of carboxylic acid groups (broad SMARTS) is 1. The largest absolute Gasteiger partial charge is 0.481 e. The van der Waals surface area contributed by atoms with E-state index in [1.165, 1.54) is 0 Å². The first kappa shape index (κ1) is 14.7. The highest BCUT2D eigenvalue weighted by molar-refractivity contribution is 5.97. The van der Waals surface area contributed by atoms with Gasteiger partial charge in [-0.3, -0.25) is 9.59 Å². The Balaban J connectivity index is 4.33. The Bertz CT molecular complexity index is 259. The standard InChI is InChI=1S/C12H21NO3/c1-3-5-6-7-10(9-11(14)15)12(16)13-8-4-2/h7H,3-6,8-9H2,1-2H3,(H,13,16)(H,14,15). The highest BCUT2D eigenvalue weighted by Gasteiger charge is 2.11. The van der Waals surface area contributed by atoms with Crippen LogP contribution in [0.15, 0.2) is 11.6 Å². The Morgan fingerprint density at radius 2 is 1.94 bits per heavy atom. The summed E-state index contributed by atoms with van der Waals surface area (Å²) in [5, 5.41) is 11.4. The molecule has 0 aliphatic rings. The summed E-state index contributed by atoms with van der Waals surface area (Å²) in [7, 11) is 0. The van der Waals surface area contributed by atoms with E-state index in [0.29, 0.717) is 12.1 Å². The number of rotatable bonds is 8. The maximum Gasteiger partial charge on any atom is 0.308 e. The van der Waals surface area contributed by atoms with Gasteiger partial charge in [-0.1, -0.05) is 32.8 Å². The lowest BCUT2D eigenvalue weighted by Gasteiger charge is -2.06. The number of nitrogens with one attached hydrogen (secondary N) is 1. The third kappa shape index (κ3) is 7.04. The van der Waals surface area contributed by atoms with E-state index in [2.05, 4.69) is 12.2 Å². The first-order chi connectivity index (χ1) is 7.61. The van der Waals surface area contributed by atoms with Crippen LogP contribution in [-0.2, 0) is 9.59 Å². The smallest absolute Gasteiger partial charge is 0.308 e. The van der Waals surface area contributed by atoms with Gasteiger partial charge in [0.15, 0.2) is 0 Å². The van der Waals surface area contributed by atoms with E-state index in [1.807, 2.05) is 6.92 Å². The lowest BCUT2D eigenvalue weighted by Crippen LogP contribution is -2.26. The second-order valence-corrected chi connectivity index (χ2v) is 3.70. The number of hydrogen-bond acceptors (Lipinski definition) is 2. The van der Waals surface area contributed by atoms with E-state index in [9.17, 15) is 9.59 Å². The molecule has 4 heteroatoms. The Hall–Kier alpha value is -1.32. The third-order valence-corrected chi connectivity index (χ3v) is 2.12. The normalized spacial score (nSPS) is 11.2. The Kier molecular flexibility index (Phi) is 8.21. The second-order valence-electron chi connectivity index (χ2n) is 3.70. The zero-order valence-electron chi connectivity index (χ0n) is 10.1. The van der Waals surface area contributed by atoms with E-state index in [1.54, 1.807) is 6.08 Å². The van der Waals surface area contributed by atoms with Crippen molar-refractivity contribution < 1.29 is 14.7 Å². The van der Waals surface area contributed by atoms with Gasteiger partial charge in [-0.05, 0) is 12.8 Å². The van der Waals surface area contributed by atoms with Crippen molar-refractivity contribution in [3.63, 3.8) is 0 Å². The van der Waals surface area contributed by atoms with Gasteiger partial charge in [0.1, 0.15) is 0 Å². The van der Waals surface area contributed by atoms with Crippen LogP contribution in [0.1, 0.15) is 46.0 Å². The van der Waals surface area contributed by atoms with Crippen molar-refractivity contribution in [2.45, 2.75) is 46.0 Å². The molecule has 0 saturated carbocycles. The predicted octanol–water partition coefficient (Wildman–Crippen LogP) is 2.10. The zero-order chi connectivity index (χ0) is 12.4. The van der Waals surface area contributed by atoms with Gasteiger partial charge < -0.3 is 10.4 Å². The van der Waals surface area contributed by atoms with Crippen LogP contribution >= 0.6 is 0 Å². The Labute approximate surface area is 96.7 Å². The summed E-state index contributed by atoms with van der Waals surface area (Å²) in [6, 6.07) is 0. The second kappa shape index (κ2) is 8.95. The van der Waals surface area contributed by atoms with Crippen LogP contribution in [0.5, 0.6) is 0 Å². The average Bonchev–Trinajstić information content (AvgIpc) is 2.24. The quantitative estimate of drug-likeness (QED) is 0.493. The van der Waals surface area contributed by atoms with Gasteiger partial charge >= 0.3 is 5.97 Å². The van der Waals surface area contributed by atoms with Gasteiger partial charge in [-0.25, -0.2) is 0 Å². The number of carbonyl (C=O) groups excluding carboxylic acids is 1. The minimum absolute atomic E-state index is 0.195. The van der Waals surface area contributed by atoms with E-state index in [0.717, 1.165) is 25.7 Å². The van der Waals surface area contributed by atoms with Crippen molar-refractivity contribution >= 4 is 11.9 Å². The summed E-state index contributed by atoms with van der Waals surface area (Å²) in [5.41, 5.74) is 0.370. The zero-order valence-corrected chi connectivity index (χ0v) is 10.1. The molecule has 0 saturated heterocycles. The molecule has 0 aromatic rings. The van der Waals surface area contributed by atoms with Crippen molar-refractivity contribution in [2.75, 3.05) is 6.54 Å². The molecule has 4 nitrogen and oxygen atoms in total. The van der Waals surface area contributed by atoms with Crippen molar-refractivity contribution in [3.05, 3.63) is 11.6 Å². The average molecular weight is 227 g/mol. The van der Waals surface area contributed by atoms with Crippen molar-refractivity contribution in [1.82, 2.24) is 5.32 Å². The fourth-order valence-electron chi connectivity index (χ4n) is 1.24. The third-order valence-electron chi connectivity index (χ3n) is 2.12. The molecule has 0 spiro atoms. The van der Waals surface area contributed by atoms with Gasteiger partial charge in [0, 0.05) is 12.1 Å². The highest BCUT2D eigenvalue weighted by atomic mass is 16.4. The minimum atomic E-state index is -0.964. The van der Waals surface area contributed by atoms with Crippen LogP contribution in [0.3, 0.4) is 0 Å². The molecule has 0 heterocycles. The Morgan fingerprint density at radius 1 is 1.25 bits per heavy atom. The molecule has 0 atom stereocenters. The molecule has 92 valence electrons. The topological polar surface area (TPSA) is 66.4 Å². The monoisotopic (exact) mass is 227 g/mol. The number of allylic oxidation sites excluding steroid dienone is 1. The number of unbranched alkanes of at least 4 members (excludes halogenated alkanes) is 2. The maximum absolute atomic E-state index is 11.6. The van der Waals surface area contributed by atoms with Crippen molar-refractivity contribution in [3.8, 4) is 0 Å². The number of aliphatic carboxylic acids is 1. The molecule has 0 fully saturated rings. The molecule has 1 amide bonds. The van der Waals surface area contributed by atoms with E-state index >= 15 is 0 Å². The number of hydrogen-bond donors (Lipinski definition) is 2. The summed E-state index contributed by atoms with van der Waals surface area (Å²) in [6.07, 6.45) is 5.17. The number of amides is 1. The Morgan fingerprint density at radius 3 is 2.44 bits per heavy atom. The minimum Gasteiger partial charge on any atom is -0.481 e. The van der Waals surface area contributed by atoms with Crippen LogP contribution in [0.4, 0.5) is 0 Å². The summed E-state index contributed by atoms with van der Waals surface area (Å²) in [4.78, 5) is 22.2. The summed E-state index contributed by atoms with van der Waals surface area (Å²) >= 11 is 0. The lowest BCUT2D eigenvalue weighted by atomic mass is 10.1. The molecule has 0 aromatic carbocycles. The van der Waals surface area contributed by atoms with Crippen LogP contribution in [0, 0.1) is 0 Å². The summed E-state index contributed by atoms with van der Waals surface area (Å²) in [6.45, 7) is 4.60. The van der Waals surface area contributed by atoms with Crippen LogP contribution in [-0.4, -0.2) is 23.5 Å². The summed E-state index contributed by atoms with van der Waals surface area (Å²) < 4.78 is 0. The maximum atomic E-state index is 11.6. The number of carbonyl (C=O) groups is 2. The fraction of sp³-hybridized carbons (Fsp3) is 0.667. The SMILES string of the molecule is CCCCC=C(CC(=O)O)C(=O)NCCC. The molecule has 0 bridgehead atoms. The van der Waals surface area contributed by atoms with E-state index in [4.69, 9.17) is 5.11 Å². The summed E-state index contributed by atoms with van der Waals surface area (Å²) in [5.74, 6) is -1.21. The van der Waals surface area contributed by atoms with Crippen molar-refractivity contribution in [1.29, 1.82) is 0 Å².